The van der Waals surface area contributed by atoms with Gasteiger partial charge in [0.1, 0.15) is 11.6 Å². The van der Waals surface area contributed by atoms with Gasteiger partial charge in [0, 0.05) is 23.2 Å². The van der Waals surface area contributed by atoms with E-state index in [2.05, 4.69) is 11.1 Å². The summed E-state index contributed by atoms with van der Waals surface area (Å²) in [5.74, 6) is 1.05. The normalized spacial score (nSPS) is 24.1. The molecule has 2 aliphatic heterocycles. The predicted molar refractivity (Wildman–Crippen MR) is 120 cm³/mol. The number of carbonyl (C=O) groups is 1. The number of rotatable bonds is 1. The number of pyridine rings is 1. The Morgan fingerprint density at radius 1 is 1.12 bits per heavy atom. The third-order valence-corrected chi connectivity index (χ3v) is 6.92. The van der Waals surface area contributed by atoms with Crippen LogP contribution in [0.5, 0.6) is 5.75 Å². The molecule has 1 aliphatic carbocycles. The maximum atomic E-state index is 12.8. The molecule has 0 radical (unpaired) electrons. The highest BCUT2D eigenvalue weighted by atomic mass is 19.4. The number of hydrogen-bond donors (Lipinski definition) is 1. The van der Waals surface area contributed by atoms with Gasteiger partial charge in [0.2, 0.25) is 6.41 Å². The summed E-state index contributed by atoms with van der Waals surface area (Å²) in [6.07, 6.45) is 4.41. The van der Waals surface area contributed by atoms with Crippen LogP contribution < -0.4 is 10.5 Å². The molecule has 0 saturated carbocycles. The van der Waals surface area contributed by atoms with Gasteiger partial charge in [-0.3, -0.25) is 4.79 Å². The molecule has 0 unspecified atom stereocenters. The number of ether oxygens (including phenoxy) is 1. The summed E-state index contributed by atoms with van der Waals surface area (Å²) in [6, 6.07) is 7.49. The number of aryl methyl sites for hydroxylation is 2. The molecule has 178 valence electrons. The molecule has 2 N–H and O–H groups in total. The molecule has 5 nitrogen and oxygen atoms in total. The number of nitrogens with zero attached hydrogens (tertiary/aromatic N) is 2. The van der Waals surface area contributed by atoms with Crippen molar-refractivity contribution in [2.24, 2.45) is 5.92 Å². The Kier molecular flexibility index (Phi) is 6.81. The Balaban J connectivity index is 0.000000183. The molecule has 5 rings (SSSR count). The SMILES string of the molecule is C[C@@H]1CC[C@@H]2COc3cc(C(F)(F)F)ccc3[C@@H]2N1C=O.Nc1ccc2c(n1)CCCCC2. The molecule has 3 atom stereocenters. The molecule has 0 bridgehead atoms. The zero-order valence-corrected chi connectivity index (χ0v) is 18.8. The van der Waals surface area contributed by atoms with E-state index < -0.39 is 11.7 Å². The van der Waals surface area contributed by atoms with Crippen molar-refractivity contribution in [2.75, 3.05) is 12.3 Å². The number of carbonyl (C=O) groups excluding carboxylic acids is 1. The van der Waals surface area contributed by atoms with Crippen molar-refractivity contribution in [1.29, 1.82) is 0 Å². The molecule has 1 amide bonds. The Morgan fingerprint density at radius 2 is 1.91 bits per heavy atom. The number of nitrogens with two attached hydrogens (primary N) is 1. The molecule has 3 aliphatic rings. The van der Waals surface area contributed by atoms with Crippen LogP contribution in [-0.4, -0.2) is 28.9 Å². The van der Waals surface area contributed by atoms with Crippen molar-refractivity contribution in [3.63, 3.8) is 0 Å². The van der Waals surface area contributed by atoms with Crippen LogP contribution in [-0.2, 0) is 23.8 Å². The molecular formula is C25H30F3N3O2. The lowest BCUT2D eigenvalue weighted by atomic mass is 9.81. The quantitative estimate of drug-likeness (QED) is 0.461. The minimum Gasteiger partial charge on any atom is -0.493 e. The predicted octanol–water partition coefficient (Wildman–Crippen LogP) is 5.33. The van der Waals surface area contributed by atoms with Gasteiger partial charge in [0.25, 0.3) is 0 Å². The Hall–Kier alpha value is -2.77. The molecule has 2 aromatic rings. The van der Waals surface area contributed by atoms with Gasteiger partial charge in [-0.25, -0.2) is 4.98 Å². The molecule has 8 heteroatoms. The minimum atomic E-state index is -4.39. The molecule has 1 fully saturated rings. The third kappa shape index (κ3) is 5.09. The molecule has 1 aromatic heterocycles. The first kappa shape index (κ1) is 23.4. The average molecular weight is 462 g/mol. The van der Waals surface area contributed by atoms with Crippen molar-refractivity contribution < 1.29 is 22.7 Å². The maximum absolute atomic E-state index is 12.8. The van der Waals surface area contributed by atoms with E-state index in [0.29, 0.717) is 18.0 Å². The van der Waals surface area contributed by atoms with Gasteiger partial charge >= 0.3 is 6.18 Å². The van der Waals surface area contributed by atoms with Crippen LogP contribution in [0.2, 0.25) is 0 Å². The highest BCUT2D eigenvalue weighted by molar-refractivity contribution is 5.53. The smallest absolute Gasteiger partial charge is 0.416 e. The van der Waals surface area contributed by atoms with Gasteiger partial charge in [0.05, 0.1) is 18.2 Å². The minimum absolute atomic E-state index is 0.0944. The molecule has 1 aromatic carbocycles. The number of halogens is 3. The number of benzene rings is 1. The summed E-state index contributed by atoms with van der Waals surface area (Å²) >= 11 is 0. The fourth-order valence-corrected chi connectivity index (χ4v) is 5.09. The first-order chi connectivity index (χ1) is 15.8. The van der Waals surface area contributed by atoms with Crippen molar-refractivity contribution >= 4 is 12.2 Å². The zero-order valence-electron chi connectivity index (χ0n) is 18.8. The van der Waals surface area contributed by atoms with Gasteiger partial charge in [-0.05, 0) is 69.2 Å². The highest BCUT2D eigenvalue weighted by Crippen LogP contribution is 2.46. The van der Waals surface area contributed by atoms with E-state index in [4.69, 9.17) is 10.5 Å². The van der Waals surface area contributed by atoms with Crippen molar-refractivity contribution in [3.8, 4) is 5.75 Å². The van der Waals surface area contributed by atoms with Gasteiger partial charge in [0.15, 0.2) is 0 Å². The van der Waals surface area contributed by atoms with Crippen LogP contribution in [0.1, 0.15) is 67.5 Å². The lowest BCUT2D eigenvalue weighted by Gasteiger charge is -2.46. The monoisotopic (exact) mass is 461 g/mol. The molecular weight excluding hydrogens is 431 g/mol. The molecule has 1 saturated heterocycles. The standard InChI is InChI=1S/C15H16F3NO2.C10H14N2/c1-9-2-3-10-7-21-13-6-11(15(16,17)18)4-5-12(13)14(10)19(9)8-20;11-10-7-6-8-4-2-1-3-5-9(8)12-10/h4-6,8-10,14H,2-3,7H2,1H3;6-7H,1-5H2,(H2,11,12)/t9-,10-,14-;/m1./s1. The fourth-order valence-electron chi connectivity index (χ4n) is 5.09. The van der Waals surface area contributed by atoms with Crippen molar-refractivity contribution in [2.45, 2.75) is 70.1 Å². The van der Waals surface area contributed by atoms with Gasteiger partial charge in [-0.1, -0.05) is 18.6 Å². The first-order valence-electron chi connectivity index (χ1n) is 11.6. The van der Waals surface area contributed by atoms with Gasteiger partial charge < -0.3 is 15.4 Å². The number of anilines is 1. The average Bonchev–Trinajstić information content (AvgIpc) is 3.03. The molecule has 0 spiro atoms. The van der Waals surface area contributed by atoms with E-state index in [0.717, 1.165) is 37.8 Å². The van der Waals surface area contributed by atoms with Gasteiger partial charge in [-0.15, -0.1) is 0 Å². The number of amides is 1. The summed E-state index contributed by atoms with van der Waals surface area (Å²) in [6.45, 7) is 2.32. The van der Waals surface area contributed by atoms with Crippen LogP contribution in [0.3, 0.4) is 0 Å². The Morgan fingerprint density at radius 3 is 2.67 bits per heavy atom. The zero-order chi connectivity index (χ0) is 23.6. The summed E-state index contributed by atoms with van der Waals surface area (Å²) in [5.41, 5.74) is 8.21. The van der Waals surface area contributed by atoms with Crippen LogP contribution in [0.4, 0.5) is 19.0 Å². The number of fused-ring (bicyclic) bond motifs is 4. The molecule has 3 heterocycles. The summed E-state index contributed by atoms with van der Waals surface area (Å²) in [5, 5.41) is 0. The van der Waals surface area contributed by atoms with E-state index in [-0.39, 0.29) is 23.8 Å². The second-order valence-electron chi connectivity index (χ2n) is 9.15. The number of nitrogen functional groups attached to an aromatic ring is 1. The topological polar surface area (TPSA) is 68.5 Å². The second-order valence-corrected chi connectivity index (χ2v) is 9.15. The molecule has 33 heavy (non-hydrogen) atoms. The first-order valence-corrected chi connectivity index (χ1v) is 11.6. The summed E-state index contributed by atoms with van der Waals surface area (Å²) in [4.78, 5) is 17.4. The Labute approximate surface area is 192 Å². The van der Waals surface area contributed by atoms with Crippen LogP contribution in [0.25, 0.3) is 0 Å². The van der Waals surface area contributed by atoms with E-state index in [9.17, 15) is 18.0 Å². The lowest BCUT2D eigenvalue weighted by molar-refractivity contribution is -0.138. The number of piperidine rings is 1. The van der Waals surface area contributed by atoms with E-state index in [1.807, 2.05) is 13.0 Å². The van der Waals surface area contributed by atoms with E-state index >= 15 is 0 Å². The number of alkyl halides is 3. The maximum Gasteiger partial charge on any atom is 0.416 e. The Bertz CT molecular complexity index is 995. The highest BCUT2D eigenvalue weighted by Gasteiger charge is 2.41. The van der Waals surface area contributed by atoms with Crippen LogP contribution >= 0.6 is 0 Å². The van der Waals surface area contributed by atoms with E-state index in [1.165, 1.54) is 43.0 Å². The van der Waals surface area contributed by atoms with Crippen LogP contribution in [0.15, 0.2) is 30.3 Å². The number of likely N-dealkylation sites (tertiary alicyclic amines) is 1. The second kappa shape index (κ2) is 9.61. The lowest BCUT2D eigenvalue weighted by Crippen LogP contribution is -2.46. The van der Waals surface area contributed by atoms with Gasteiger partial charge in [-0.2, -0.15) is 13.2 Å². The van der Waals surface area contributed by atoms with E-state index in [1.54, 1.807) is 4.90 Å². The number of aromatic nitrogens is 1. The number of hydrogen-bond acceptors (Lipinski definition) is 4. The largest absolute Gasteiger partial charge is 0.493 e. The van der Waals surface area contributed by atoms with Crippen molar-refractivity contribution in [1.82, 2.24) is 9.88 Å². The van der Waals surface area contributed by atoms with Crippen LogP contribution in [0, 0.1) is 5.92 Å². The summed E-state index contributed by atoms with van der Waals surface area (Å²) in [7, 11) is 0. The third-order valence-electron chi connectivity index (χ3n) is 6.92. The van der Waals surface area contributed by atoms with Crippen molar-refractivity contribution in [3.05, 3.63) is 52.7 Å². The summed E-state index contributed by atoms with van der Waals surface area (Å²) < 4.78 is 43.8. The fraction of sp³-hybridized carbons (Fsp3) is 0.520.